The van der Waals surface area contributed by atoms with Crippen molar-refractivity contribution >= 4 is 6.08 Å². The van der Waals surface area contributed by atoms with Gasteiger partial charge < -0.3 is 9.47 Å². The van der Waals surface area contributed by atoms with Gasteiger partial charge in [0.1, 0.15) is 11.5 Å². The van der Waals surface area contributed by atoms with E-state index in [9.17, 15) is 5.26 Å². The Morgan fingerprint density at radius 3 is 2.52 bits per heavy atom. The van der Waals surface area contributed by atoms with E-state index in [2.05, 4.69) is 25.5 Å². The van der Waals surface area contributed by atoms with Gasteiger partial charge in [0.2, 0.25) is 0 Å². The van der Waals surface area contributed by atoms with E-state index >= 15 is 0 Å². The molecule has 0 spiro atoms. The van der Waals surface area contributed by atoms with Gasteiger partial charge in [-0.25, -0.2) is 0 Å². The van der Waals surface area contributed by atoms with Crippen LogP contribution < -0.4 is 9.47 Å². The number of unbranched alkanes of at least 4 members (excludes halogenated alkanes) is 2. The van der Waals surface area contributed by atoms with E-state index in [1.54, 1.807) is 13.2 Å². The summed E-state index contributed by atoms with van der Waals surface area (Å²) >= 11 is 0. The molecule has 3 nitrogen and oxygen atoms in total. The lowest BCUT2D eigenvalue weighted by Gasteiger charge is -2.23. The normalized spacial score (nSPS) is 11.4. The molecule has 0 heterocycles. The molecule has 0 radical (unpaired) electrons. The first-order valence-electron chi connectivity index (χ1n) is 8.52. The summed E-state index contributed by atoms with van der Waals surface area (Å²) in [6, 6.07) is 6.09. The second-order valence-corrected chi connectivity index (χ2v) is 6.34. The molecule has 0 fully saturated rings. The van der Waals surface area contributed by atoms with Crippen LogP contribution in [0, 0.1) is 23.7 Å². The number of ether oxygens (including phenoxy) is 2. The maximum atomic E-state index is 9.21. The first-order valence-corrected chi connectivity index (χ1v) is 8.52. The minimum Gasteiger partial charge on any atom is -0.496 e. The molecule has 0 aliphatic heterocycles. The van der Waals surface area contributed by atoms with Crippen LogP contribution >= 0.6 is 0 Å². The quantitative estimate of drug-likeness (QED) is 0.265. The highest BCUT2D eigenvalue weighted by molar-refractivity contribution is 5.71. The van der Waals surface area contributed by atoms with Crippen LogP contribution in [0.3, 0.4) is 0 Å². The van der Waals surface area contributed by atoms with Crippen LogP contribution in [0.2, 0.25) is 0 Å². The van der Waals surface area contributed by atoms with Crippen molar-refractivity contribution in [3.63, 3.8) is 0 Å². The summed E-state index contributed by atoms with van der Waals surface area (Å²) in [7, 11) is 1.61. The van der Waals surface area contributed by atoms with E-state index in [1.165, 1.54) is 12.5 Å². The molecule has 0 aliphatic rings. The third-order valence-corrected chi connectivity index (χ3v) is 3.81. The van der Waals surface area contributed by atoms with Gasteiger partial charge in [0.05, 0.1) is 24.3 Å². The zero-order valence-corrected chi connectivity index (χ0v) is 15.7. The SMILES string of the molecule is C#CC(C)(C)Oc1cc(CCCCC)cc(OC)c1/C=C(\C#N)C=C. The standard InChI is InChI=1S/C22H27NO2/c1-7-10-11-12-18-14-20(24-6)19(13-17(8-2)16-23)21(15-18)25-22(4,5)9-3/h3,8,13-15H,2,7,10-12H2,1,4-6H3/b17-13-. The smallest absolute Gasteiger partial charge is 0.163 e. The lowest BCUT2D eigenvalue weighted by molar-refractivity contribution is 0.171. The summed E-state index contributed by atoms with van der Waals surface area (Å²) in [6.45, 7) is 9.50. The van der Waals surface area contributed by atoms with Crippen molar-refractivity contribution in [3.8, 4) is 29.9 Å². The van der Waals surface area contributed by atoms with Gasteiger partial charge in [-0.1, -0.05) is 38.3 Å². The zero-order chi connectivity index (χ0) is 18.9. The number of rotatable bonds is 9. The Morgan fingerprint density at radius 1 is 1.32 bits per heavy atom. The zero-order valence-electron chi connectivity index (χ0n) is 15.7. The first kappa shape index (κ1) is 20.4. The fourth-order valence-electron chi connectivity index (χ4n) is 2.37. The molecular formula is C22H27NO2. The van der Waals surface area contributed by atoms with Crippen LogP contribution in [0.4, 0.5) is 0 Å². The third-order valence-electron chi connectivity index (χ3n) is 3.81. The minimum atomic E-state index is -0.767. The molecule has 1 aromatic rings. The third kappa shape index (κ3) is 6.05. The number of hydrogen-bond acceptors (Lipinski definition) is 3. The molecule has 25 heavy (non-hydrogen) atoms. The summed E-state index contributed by atoms with van der Waals surface area (Å²) in [6.07, 6.45) is 13.2. The molecule has 1 aromatic carbocycles. The first-order chi connectivity index (χ1) is 11.9. The van der Waals surface area contributed by atoms with Crippen LogP contribution in [-0.4, -0.2) is 12.7 Å². The summed E-state index contributed by atoms with van der Waals surface area (Å²) in [5.41, 5.74) is 1.49. The number of nitriles is 1. The van der Waals surface area contributed by atoms with Gasteiger partial charge in [0.25, 0.3) is 0 Å². The number of benzene rings is 1. The Labute approximate surface area is 152 Å². The molecule has 1 rings (SSSR count). The highest BCUT2D eigenvalue weighted by Gasteiger charge is 2.20. The van der Waals surface area contributed by atoms with Gasteiger partial charge in [0, 0.05) is 0 Å². The molecule has 0 amide bonds. The van der Waals surface area contributed by atoms with Gasteiger partial charge in [-0.2, -0.15) is 5.26 Å². The monoisotopic (exact) mass is 337 g/mol. The Kier molecular flexibility index (Phi) is 7.83. The maximum Gasteiger partial charge on any atom is 0.163 e. The summed E-state index contributed by atoms with van der Waals surface area (Å²) in [5, 5.41) is 9.21. The number of nitrogens with zero attached hydrogens (tertiary/aromatic N) is 1. The molecule has 0 aliphatic carbocycles. The van der Waals surface area contributed by atoms with Crippen molar-refractivity contribution in [2.45, 2.75) is 52.1 Å². The summed E-state index contributed by atoms with van der Waals surface area (Å²) < 4.78 is 11.6. The lowest BCUT2D eigenvalue weighted by Crippen LogP contribution is -2.26. The number of hydrogen-bond donors (Lipinski definition) is 0. The highest BCUT2D eigenvalue weighted by atomic mass is 16.5. The molecule has 0 unspecified atom stereocenters. The average molecular weight is 337 g/mol. The lowest BCUT2D eigenvalue weighted by atomic mass is 10.0. The predicted octanol–water partition coefficient (Wildman–Crippen LogP) is 5.31. The van der Waals surface area contributed by atoms with Crippen molar-refractivity contribution in [1.82, 2.24) is 0 Å². The van der Waals surface area contributed by atoms with Crippen molar-refractivity contribution in [2.24, 2.45) is 0 Å². The van der Waals surface area contributed by atoms with Gasteiger partial charge in [-0.15, -0.1) is 6.42 Å². The summed E-state index contributed by atoms with van der Waals surface area (Å²) in [5.74, 6) is 3.91. The Hall–Kier alpha value is -2.65. The molecule has 0 atom stereocenters. The number of terminal acetylenes is 1. The summed E-state index contributed by atoms with van der Waals surface area (Å²) in [4.78, 5) is 0. The minimum absolute atomic E-state index is 0.431. The Morgan fingerprint density at radius 2 is 2.00 bits per heavy atom. The van der Waals surface area contributed by atoms with Crippen LogP contribution in [-0.2, 0) is 6.42 Å². The van der Waals surface area contributed by atoms with E-state index in [0.29, 0.717) is 22.6 Å². The molecule has 0 N–H and O–H groups in total. The van der Waals surface area contributed by atoms with Crippen LogP contribution in [0.15, 0.2) is 30.4 Å². The molecule has 0 aromatic heterocycles. The highest BCUT2D eigenvalue weighted by Crippen LogP contribution is 2.35. The molecule has 0 bridgehead atoms. The van der Waals surface area contributed by atoms with Crippen molar-refractivity contribution in [3.05, 3.63) is 41.5 Å². The van der Waals surface area contributed by atoms with Crippen molar-refractivity contribution in [1.29, 1.82) is 5.26 Å². The second kappa shape index (κ2) is 9.60. The second-order valence-electron chi connectivity index (χ2n) is 6.34. The molecule has 3 heteroatoms. The Bertz CT molecular complexity index is 715. The maximum absolute atomic E-state index is 9.21. The van der Waals surface area contributed by atoms with Gasteiger partial charge in [-0.05, 0) is 50.5 Å². The van der Waals surface area contributed by atoms with Gasteiger partial charge >= 0.3 is 0 Å². The fourth-order valence-corrected chi connectivity index (χ4v) is 2.37. The Balaban J connectivity index is 3.45. The van der Waals surface area contributed by atoms with Crippen LogP contribution in [0.1, 0.15) is 51.2 Å². The van der Waals surface area contributed by atoms with E-state index < -0.39 is 5.60 Å². The van der Waals surface area contributed by atoms with Gasteiger partial charge in [-0.3, -0.25) is 0 Å². The van der Waals surface area contributed by atoms with Crippen LogP contribution in [0.5, 0.6) is 11.5 Å². The number of methoxy groups -OCH3 is 1. The van der Waals surface area contributed by atoms with Crippen molar-refractivity contribution < 1.29 is 9.47 Å². The van der Waals surface area contributed by atoms with E-state index in [0.717, 1.165) is 24.8 Å². The molecule has 0 saturated carbocycles. The van der Waals surface area contributed by atoms with E-state index in [1.807, 2.05) is 26.0 Å². The van der Waals surface area contributed by atoms with E-state index in [4.69, 9.17) is 15.9 Å². The average Bonchev–Trinajstić information content (AvgIpc) is 2.60. The predicted molar refractivity (Wildman–Crippen MR) is 104 cm³/mol. The molecule has 132 valence electrons. The molecular weight excluding hydrogens is 310 g/mol. The fraction of sp³-hybridized carbons (Fsp3) is 0.409. The number of aryl methyl sites for hydroxylation is 1. The molecule has 0 saturated heterocycles. The van der Waals surface area contributed by atoms with E-state index in [-0.39, 0.29) is 0 Å². The van der Waals surface area contributed by atoms with Crippen LogP contribution in [0.25, 0.3) is 6.08 Å². The number of allylic oxidation sites excluding steroid dienone is 2. The van der Waals surface area contributed by atoms with Gasteiger partial charge in [0.15, 0.2) is 5.60 Å². The largest absolute Gasteiger partial charge is 0.496 e. The topological polar surface area (TPSA) is 42.2 Å². The van der Waals surface area contributed by atoms with Crippen molar-refractivity contribution in [2.75, 3.05) is 7.11 Å².